The summed E-state index contributed by atoms with van der Waals surface area (Å²) in [5.74, 6) is -0.611. The lowest BCUT2D eigenvalue weighted by Crippen LogP contribution is -2.50. The van der Waals surface area contributed by atoms with Gasteiger partial charge in [0.2, 0.25) is 11.8 Å². The summed E-state index contributed by atoms with van der Waals surface area (Å²) in [5.41, 5.74) is 4.22. The van der Waals surface area contributed by atoms with Gasteiger partial charge in [-0.25, -0.2) is 5.48 Å². The Balaban J connectivity index is 1.39. The van der Waals surface area contributed by atoms with E-state index in [1.54, 1.807) is 11.7 Å². The van der Waals surface area contributed by atoms with Gasteiger partial charge in [0.1, 0.15) is 12.4 Å². The van der Waals surface area contributed by atoms with Crippen molar-refractivity contribution in [3.05, 3.63) is 66.4 Å². The van der Waals surface area contributed by atoms with Gasteiger partial charge in [-0.3, -0.25) is 19.8 Å². The van der Waals surface area contributed by atoms with E-state index in [0.717, 1.165) is 35.3 Å². The Morgan fingerprint density at radius 2 is 1.86 bits per heavy atom. The molecule has 184 valence electrons. The van der Waals surface area contributed by atoms with Crippen LogP contribution in [0.4, 0.5) is 5.69 Å². The number of pyridine rings is 1. The molecule has 2 heterocycles. The molecule has 0 saturated carbocycles. The Morgan fingerprint density at radius 3 is 2.60 bits per heavy atom. The average molecular weight is 477 g/mol. The lowest BCUT2D eigenvalue weighted by atomic mass is 9.83. The predicted molar refractivity (Wildman–Crippen MR) is 134 cm³/mol. The van der Waals surface area contributed by atoms with Crippen LogP contribution < -0.4 is 15.5 Å². The number of hydrogen-bond donors (Lipinski definition) is 3. The van der Waals surface area contributed by atoms with Crippen LogP contribution in [0, 0.1) is 17.8 Å². The molecule has 1 aromatic heterocycles. The number of fused-ring (bicyclic) bond motifs is 1. The standard InChI is InChI=1S/C27H32N4O4/c1-18(2)15-31-14-12-21(27(33)30-34)23(16-31)26(32)29-20-9-7-19(8-10-20)17-35-25-11-13-28-24-6-4-3-5-22(24)25/h3-11,13,18,21,23,34H,12,14-17H2,1-2H3,(H,29,32)(H,30,33). The molecule has 2 amide bonds. The minimum atomic E-state index is -0.564. The molecule has 1 aliphatic heterocycles. The van der Waals surface area contributed by atoms with Crippen LogP contribution in [0.25, 0.3) is 10.9 Å². The zero-order chi connectivity index (χ0) is 24.8. The molecule has 1 aliphatic rings. The largest absolute Gasteiger partial charge is 0.488 e. The van der Waals surface area contributed by atoms with Crippen molar-refractivity contribution in [1.29, 1.82) is 0 Å². The molecule has 2 aromatic carbocycles. The normalized spacial score (nSPS) is 18.4. The van der Waals surface area contributed by atoms with Crippen LogP contribution in [0.5, 0.6) is 5.75 Å². The van der Waals surface area contributed by atoms with Crippen molar-refractivity contribution in [3.8, 4) is 5.75 Å². The van der Waals surface area contributed by atoms with E-state index in [1.807, 2.05) is 54.6 Å². The van der Waals surface area contributed by atoms with Crippen LogP contribution in [0.3, 0.4) is 0 Å². The molecule has 1 saturated heterocycles. The third kappa shape index (κ3) is 6.15. The first-order valence-corrected chi connectivity index (χ1v) is 12.0. The summed E-state index contributed by atoms with van der Waals surface area (Å²) in [7, 11) is 0. The molecule has 8 heteroatoms. The molecule has 0 aliphatic carbocycles. The number of piperidine rings is 1. The fourth-order valence-corrected chi connectivity index (χ4v) is 4.64. The Hall–Kier alpha value is -3.49. The number of ether oxygens (including phenoxy) is 1. The topological polar surface area (TPSA) is 104 Å². The average Bonchev–Trinajstić information content (AvgIpc) is 2.87. The number of para-hydroxylation sites is 1. The van der Waals surface area contributed by atoms with Crippen molar-refractivity contribution in [1.82, 2.24) is 15.4 Å². The number of carbonyl (C=O) groups excluding carboxylic acids is 2. The molecule has 0 radical (unpaired) electrons. The zero-order valence-electron chi connectivity index (χ0n) is 20.1. The molecule has 0 bridgehead atoms. The molecule has 3 N–H and O–H groups in total. The fraction of sp³-hybridized carbons (Fsp3) is 0.370. The van der Waals surface area contributed by atoms with E-state index in [1.165, 1.54) is 0 Å². The van der Waals surface area contributed by atoms with Crippen LogP contribution in [-0.2, 0) is 16.2 Å². The van der Waals surface area contributed by atoms with Gasteiger partial charge >= 0.3 is 0 Å². The highest BCUT2D eigenvalue weighted by atomic mass is 16.5. The second-order valence-electron chi connectivity index (χ2n) is 9.43. The number of hydrogen-bond acceptors (Lipinski definition) is 6. The van der Waals surface area contributed by atoms with Crippen molar-refractivity contribution in [2.24, 2.45) is 17.8 Å². The first-order chi connectivity index (χ1) is 16.9. The molecule has 0 spiro atoms. The number of rotatable bonds is 8. The number of nitrogens with zero attached hydrogens (tertiary/aromatic N) is 2. The zero-order valence-corrected chi connectivity index (χ0v) is 20.1. The Bertz CT molecular complexity index is 1160. The Morgan fingerprint density at radius 1 is 1.09 bits per heavy atom. The van der Waals surface area contributed by atoms with E-state index in [9.17, 15) is 9.59 Å². The smallest absolute Gasteiger partial charge is 0.247 e. The lowest BCUT2D eigenvalue weighted by molar-refractivity contribution is -0.141. The van der Waals surface area contributed by atoms with Gasteiger partial charge in [-0.2, -0.15) is 0 Å². The minimum Gasteiger partial charge on any atom is -0.488 e. The summed E-state index contributed by atoms with van der Waals surface area (Å²) in [6, 6.07) is 17.1. The maximum absolute atomic E-state index is 13.1. The predicted octanol–water partition coefficient (Wildman–Crippen LogP) is 3.85. The molecule has 35 heavy (non-hydrogen) atoms. The van der Waals surface area contributed by atoms with Gasteiger partial charge in [-0.15, -0.1) is 0 Å². The summed E-state index contributed by atoms with van der Waals surface area (Å²) in [4.78, 5) is 31.9. The summed E-state index contributed by atoms with van der Waals surface area (Å²) in [5, 5.41) is 13.1. The van der Waals surface area contributed by atoms with Crippen molar-refractivity contribution in [3.63, 3.8) is 0 Å². The molecular weight excluding hydrogens is 444 g/mol. The number of aromatic nitrogens is 1. The molecule has 8 nitrogen and oxygen atoms in total. The third-order valence-corrected chi connectivity index (χ3v) is 6.33. The van der Waals surface area contributed by atoms with Gasteiger partial charge in [-0.05, 0) is 54.8 Å². The van der Waals surface area contributed by atoms with Gasteiger partial charge in [0.25, 0.3) is 0 Å². The first-order valence-electron chi connectivity index (χ1n) is 12.0. The van der Waals surface area contributed by atoms with E-state index in [-0.39, 0.29) is 5.91 Å². The number of nitrogens with one attached hydrogen (secondary N) is 2. The second kappa shape index (κ2) is 11.3. The minimum absolute atomic E-state index is 0.223. The van der Waals surface area contributed by atoms with E-state index in [4.69, 9.17) is 9.94 Å². The molecule has 1 fully saturated rings. The molecule has 4 rings (SSSR count). The highest BCUT2D eigenvalue weighted by Gasteiger charge is 2.38. The summed E-state index contributed by atoms with van der Waals surface area (Å²) >= 11 is 0. The molecular formula is C27H32N4O4. The summed E-state index contributed by atoms with van der Waals surface area (Å²) in [6.07, 6.45) is 2.26. The first kappa shape index (κ1) is 24.6. The number of anilines is 1. The maximum Gasteiger partial charge on any atom is 0.247 e. The monoisotopic (exact) mass is 476 g/mol. The van der Waals surface area contributed by atoms with E-state index in [2.05, 4.69) is 29.0 Å². The molecule has 2 unspecified atom stereocenters. The van der Waals surface area contributed by atoms with Crippen LogP contribution in [0.1, 0.15) is 25.8 Å². The van der Waals surface area contributed by atoms with Crippen molar-refractivity contribution >= 4 is 28.4 Å². The number of likely N-dealkylation sites (tertiary alicyclic amines) is 1. The Labute approximate surface area is 205 Å². The third-order valence-electron chi connectivity index (χ3n) is 6.33. The van der Waals surface area contributed by atoms with Crippen molar-refractivity contribution in [2.45, 2.75) is 26.9 Å². The maximum atomic E-state index is 13.1. The van der Waals surface area contributed by atoms with E-state index >= 15 is 0 Å². The summed E-state index contributed by atoms with van der Waals surface area (Å²) in [6.45, 7) is 6.70. The van der Waals surface area contributed by atoms with Crippen molar-refractivity contribution in [2.75, 3.05) is 25.0 Å². The molecule has 3 aromatic rings. The highest BCUT2D eigenvalue weighted by molar-refractivity contribution is 5.96. The van der Waals surface area contributed by atoms with Crippen LogP contribution in [0.15, 0.2) is 60.8 Å². The quantitative estimate of drug-likeness (QED) is 0.337. The second-order valence-corrected chi connectivity index (χ2v) is 9.43. The van der Waals surface area contributed by atoms with Gasteiger partial charge < -0.3 is 15.0 Å². The summed E-state index contributed by atoms with van der Waals surface area (Å²) < 4.78 is 6.02. The van der Waals surface area contributed by atoms with Crippen LogP contribution in [0.2, 0.25) is 0 Å². The van der Waals surface area contributed by atoms with E-state index < -0.39 is 17.7 Å². The Kier molecular flexibility index (Phi) is 7.94. The van der Waals surface area contributed by atoms with Crippen molar-refractivity contribution < 1.29 is 19.5 Å². The van der Waals surface area contributed by atoms with Crippen LogP contribution >= 0.6 is 0 Å². The highest BCUT2D eigenvalue weighted by Crippen LogP contribution is 2.27. The van der Waals surface area contributed by atoms with Gasteiger partial charge in [-0.1, -0.05) is 38.1 Å². The number of benzene rings is 2. The fourth-order valence-electron chi connectivity index (χ4n) is 4.64. The SMILES string of the molecule is CC(C)CN1CCC(C(=O)NO)C(C(=O)Nc2ccc(COc3ccnc4ccccc34)cc2)C1. The molecule has 2 atom stereocenters. The number of hydroxylamine groups is 1. The number of amides is 2. The lowest BCUT2D eigenvalue weighted by Gasteiger charge is -2.37. The van der Waals surface area contributed by atoms with Crippen LogP contribution in [-0.4, -0.2) is 46.5 Å². The van der Waals surface area contributed by atoms with Gasteiger partial charge in [0, 0.05) is 30.4 Å². The van der Waals surface area contributed by atoms with Gasteiger partial charge in [0.05, 0.1) is 17.4 Å². The van der Waals surface area contributed by atoms with E-state index in [0.29, 0.717) is 31.2 Å². The van der Waals surface area contributed by atoms with Gasteiger partial charge in [0.15, 0.2) is 0 Å². The number of carbonyl (C=O) groups is 2.